The lowest BCUT2D eigenvalue weighted by atomic mass is 9.84. The first kappa shape index (κ1) is 20.8. The number of halogens is 2. The molecule has 4 unspecified atom stereocenters. The Balaban J connectivity index is 1.28. The minimum atomic E-state index is -0.558. The number of carbonyl (C=O) groups excluding carboxylic acids is 1. The Morgan fingerprint density at radius 2 is 2.15 bits per heavy atom. The fourth-order valence-corrected chi connectivity index (χ4v) is 6.02. The number of carbonyl (C=O) groups is 1. The van der Waals surface area contributed by atoms with E-state index in [1.165, 1.54) is 18.2 Å². The van der Waals surface area contributed by atoms with Crippen molar-refractivity contribution in [3.63, 3.8) is 0 Å². The Bertz CT molecular complexity index is 1300. The molecule has 2 saturated heterocycles. The van der Waals surface area contributed by atoms with Gasteiger partial charge in [-0.15, -0.1) is 0 Å². The van der Waals surface area contributed by atoms with Gasteiger partial charge in [-0.1, -0.05) is 11.6 Å². The monoisotopic (exact) mass is 471 g/mol. The van der Waals surface area contributed by atoms with Gasteiger partial charge in [0, 0.05) is 24.9 Å². The van der Waals surface area contributed by atoms with E-state index >= 15 is 0 Å². The van der Waals surface area contributed by atoms with Crippen molar-refractivity contribution in [2.45, 2.75) is 50.2 Å². The maximum Gasteiger partial charge on any atom is 0.258 e. The van der Waals surface area contributed by atoms with Gasteiger partial charge in [-0.2, -0.15) is 5.10 Å². The van der Waals surface area contributed by atoms with Crippen molar-refractivity contribution in [3.05, 3.63) is 58.3 Å². The SMILES string of the molecule is COC1CC2N(C)C1C2(C)Oc1cc(F)ccc1C(=O)N1Cc2nn3cc(Cl)cnc3c2C1. The molecule has 10 heteroatoms. The number of amides is 1. The molecular formula is C23H23ClFN5O3. The van der Waals surface area contributed by atoms with E-state index in [4.69, 9.17) is 21.1 Å². The molecule has 2 bridgehead atoms. The lowest BCUT2D eigenvalue weighted by Gasteiger charge is -2.54. The molecule has 1 aromatic carbocycles. The number of nitrogens with zero attached hydrogens (tertiary/aromatic N) is 5. The van der Waals surface area contributed by atoms with Gasteiger partial charge in [-0.25, -0.2) is 13.9 Å². The average molecular weight is 472 g/mol. The normalized spacial score (nSPS) is 28.3. The Kier molecular flexibility index (Phi) is 4.50. The second-order valence-corrected chi connectivity index (χ2v) is 9.63. The molecule has 5 heterocycles. The van der Waals surface area contributed by atoms with Crippen LogP contribution in [-0.2, 0) is 17.8 Å². The number of hydrogen-bond acceptors (Lipinski definition) is 6. The predicted molar refractivity (Wildman–Crippen MR) is 118 cm³/mol. The summed E-state index contributed by atoms with van der Waals surface area (Å²) in [7, 11) is 3.73. The van der Waals surface area contributed by atoms with Crippen molar-refractivity contribution >= 4 is 23.2 Å². The smallest absolute Gasteiger partial charge is 0.258 e. The zero-order valence-corrected chi connectivity index (χ0v) is 19.2. The predicted octanol–water partition coefficient (Wildman–Crippen LogP) is 2.92. The largest absolute Gasteiger partial charge is 0.483 e. The number of ether oxygens (including phenoxy) is 2. The standard InChI is InChI=1S/C23H23ClFN5O3/c1-23(19-7-18(32-3)20(23)28(19)2)33-17-6-13(25)4-5-14(17)22(31)29-10-15-16(11-29)27-30-9-12(24)8-26-21(15)30/h4-6,8-9,18-20H,7,10-11H2,1-3H3. The zero-order chi connectivity index (χ0) is 23.1. The summed E-state index contributed by atoms with van der Waals surface area (Å²) >= 11 is 6.01. The van der Waals surface area contributed by atoms with Crippen LogP contribution in [-0.4, -0.2) is 68.3 Å². The van der Waals surface area contributed by atoms with Crippen LogP contribution in [0.3, 0.4) is 0 Å². The first-order chi connectivity index (χ1) is 15.8. The van der Waals surface area contributed by atoms with Crippen LogP contribution >= 0.6 is 11.6 Å². The van der Waals surface area contributed by atoms with Crippen molar-refractivity contribution in [2.24, 2.45) is 0 Å². The summed E-state index contributed by atoms with van der Waals surface area (Å²) in [5, 5.41) is 5.01. The van der Waals surface area contributed by atoms with Gasteiger partial charge in [0.15, 0.2) is 5.65 Å². The third kappa shape index (κ3) is 2.92. The summed E-state index contributed by atoms with van der Waals surface area (Å²) in [6, 6.07) is 4.27. The zero-order valence-electron chi connectivity index (χ0n) is 18.5. The Morgan fingerprint density at radius 3 is 2.91 bits per heavy atom. The highest BCUT2D eigenvalue weighted by atomic mass is 35.5. The van der Waals surface area contributed by atoms with Crippen LogP contribution < -0.4 is 4.74 Å². The van der Waals surface area contributed by atoms with E-state index < -0.39 is 11.4 Å². The van der Waals surface area contributed by atoms with E-state index in [9.17, 15) is 9.18 Å². The van der Waals surface area contributed by atoms with Gasteiger partial charge in [-0.05, 0) is 32.5 Å². The molecule has 4 atom stereocenters. The maximum atomic E-state index is 14.2. The van der Waals surface area contributed by atoms with Gasteiger partial charge in [0.25, 0.3) is 5.91 Å². The molecule has 7 rings (SSSR count). The first-order valence-electron chi connectivity index (χ1n) is 10.8. The van der Waals surface area contributed by atoms with Crippen molar-refractivity contribution in [1.29, 1.82) is 0 Å². The first-order valence-corrected chi connectivity index (χ1v) is 11.2. The molecule has 3 aromatic rings. The molecule has 3 aliphatic heterocycles. The third-order valence-electron chi connectivity index (χ3n) is 7.39. The molecule has 8 nitrogen and oxygen atoms in total. The second kappa shape index (κ2) is 7.12. The lowest BCUT2D eigenvalue weighted by molar-refractivity contribution is -0.138. The molecule has 0 radical (unpaired) electrons. The van der Waals surface area contributed by atoms with Crippen LogP contribution in [0.5, 0.6) is 5.75 Å². The topological polar surface area (TPSA) is 72.2 Å². The molecule has 172 valence electrons. The number of aromatic nitrogens is 3. The highest BCUT2D eigenvalue weighted by Crippen LogP contribution is 2.51. The molecule has 0 spiro atoms. The summed E-state index contributed by atoms with van der Waals surface area (Å²) < 4.78 is 27.9. The average Bonchev–Trinajstić information content (AvgIpc) is 3.50. The van der Waals surface area contributed by atoms with Gasteiger partial charge >= 0.3 is 0 Å². The van der Waals surface area contributed by atoms with Crippen molar-refractivity contribution in [2.75, 3.05) is 14.2 Å². The highest BCUT2D eigenvalue weighted by Gasteiger charge is 2.68. The van der Waals surface area contributed by atoms with E-state index in [0.717, 1.165) is 17.7 Å². The van der Waals surface area contributed by atoms with E-state index in [-0.39, 0.29) is 29.8 Å². The molecule has 33 heavy (non-hydrogen) atoms. The van der Waals surface area contributed by atoms with Gasteiger partial charge < -0.3 is 14.4 Å². The van der Waals surface area contributed by atoms with Gasteiger partial charge in [0.1, 0.15) is 17.2 Å². The molecule has 2 aromatic heterocycles. The van der Waals surface area contributed by atoms with Crippen LogP contribution in [0.25, 0.3) is 5.65 Å². The fourth-order valence-electron chi connectivity index (χ4n) is 5.88. The lowest BCUT2D eigenvalue weighted by Crippen LogP contribution is -2.72. The Labute approximate surface area is 194 Å². The number of hydrogen-bond donors (Lipinski definition) is 0. The fraction of sp³-hybridized carbons (Fsp3) is 0.435. The molecule has 1 amide bonds. The van der Waals surface area contributed by atoms with E-state index in [2.05, 4.69) is 15.0 Å². The van der Waals surface area contributed by atoms with E-state index in [0.29, 0.717) is 29.3 Å². The number of fused-ring (bicyclic) bond motifs is 4. The van der Waals surface area contributed by atoms with Gasteiger partial charge in [0.05, 0.1) is 53.8 Å². The Morgan fingerprint density at radius 1 is 1.33 bits per heavy atom. The molecular weight excluding hydrogens is 449 g/mol. The summed E-state index contributed by atoms with van der Waals surface area (Å²) in [5.41, 5.74) is 2.11. The van der Waals surface area contributed by atoms with Gasteiger partial charge in [-0.3, -0.25) is 9.69 Å². The maximum absolute atomic E-state index is 14.2. The molecule has 1 saturated carbocycles. The highest BCUT2D eigenvalue weighted by molar-refractivity contribution is 6.30. The van der Waals surface area contributed by atoms with Crippen LogP contribution in [0.1, 0.15) is 35.0 Å². The van der Waals surface area contributed by atoms with Crippen LogP contribution in [0.2, 0.25) is 5.02 Å². The van der Waals surface area contributed by atoms with Crippen LogP contribution in [0, 0.1) is 5.82 Å². The quantitative estimate of drug-likeness (QED) is 0.582. The van der Waals surface area contributed by atoms with E-state index in [1.54, 1.807) is 28.9 Å². The second-order valence-electron chi connectivity index (χ2n) is 9.19. The number of methoxy groups -OCH3 is 1. The van der Waals surface area contributed by atoms with Gasteiger partial charge in [0.2, 0.25) is 0 Å². The van der Waals surface area contributed by atoms with E-state index in [1.807, 2.05) is 14.0 Å². The summed E-state index contributed by atoms with van der Waals surface area (Å²) in [4.78, 5) is 21.8. The molecule has 4 aliphatic rings. The Hall–Kier alpha value is -2.75. The van der Waals surface area contributed by atoms with Crippen molar-refractivity contribution < 1.29 is 18.7 Å². The third-order valence-corrected chi connectivity index (χ3v) is 7.59. The van der Waals surface area contributed by atoms with Crippen LogP contribution in [0.4, 0.5) is 4.39 Å². The van der Waals surface area contributed by atoms with Crippen molar-refractivity contribution in [1.82, 2.24) is 24.4 Å². The summed E-state index contributed by atoms with van der Waals surface area (Å²) in [6.45, 7) is 2.71. The van der Waals surface area contributed by atoms with Crippen LogP contribution in [0.15, 0.2) is 30.6 Å². The summed E-state index contributed by atoms with van der Waals surface area (Å²) in [6.07, 6.45) is 4.14. The molecule has 0 N–H and O–H groups in total. The number of benzene rings is 1. The van der Waals surface area contributed by atoms with Crippen molar-refractivity contribution in [3.8, 4) is 5.75 Å². The molecule has 1 aliphatic carbocycles. The molecule has 3 fully saturated rings. The number of rotatable bonds is 4. The minimum absolute atomic E-state index is 0.0428. The summed E-state index contributed by atoms with van der Waals surface area (Å²) in [5.74, 6) is -0.426. The minimum Gasteiger partial charge on any atom is -0.483 e. The number of likely N-dealkylation sites (N-methyl/N-ethyl adjacent to an activating group) is 1.